The number of carbonyl (C=O) groups is 1. The van der Waals surface area contributed by atoms with Gasteiger partial charge in [0.2, 0.25) is 15.9 Å². The third kappa shape index (κ3) is 4.84. The van der Waals surface area contributed by atoms with E-state index in [9.17, 15) is 13.2 Å². The molecule has 3 rings (SSSR count). The molecule has 0 fully saturated rings. The average molecular weight is 390 g/mol. The molecule has 0 heterocycles. The van der Waals surface area contributed by atoms with Gasteiger partial charge in [0.15, 0.2) is 0 Å². The van der Waals surface area contributed by atoms with Gasteiger partial charge in [-0.3, -0.25) is 9.52 Å². The van der Waals surface area contributed by atoms with Gasteiger partial charge in [0.1, 0.15) is 0 Å². The second-order valence-electron chi connectivity index (χ2n) is 6.29. The molecule has 0 spiro atoms. The quantitative estimate of drug-likeness (QED) is 0.699. The highest BCUT2D eigenvalue weighted by molar-refractivity contribution is 7.89. The lowest BCUT2D eigenvalue weighted by Crippen LogP contribution is -2.36. The van der Waals surface area contributed by atoms with Crippen LogP contribution in [0.5, 0.6) is 0 Å². The van der Waals surface area contributed by atoms with Crippen molar-refractivity contribution in [2.45, 2.75) is 11.7 Å². The lowest BCUT2D eigenvalue weighted by atomic mass is 9.91. The Morgan fingerprint density at radius 1 is 0.857 bits per heavy atom. The predicted molar refractivity (Wildman–Crippen MR) is 107 cm³/mol. The minimum atomic E-state index is -3.90. The van der Waals surface area contributed by atoms with Gasteiger partial charge in [-0.25, -0.2) is 8.42 Å². The summed E-state index contributed by atoms with van der Waals surface area (Å²) in [5.41, 5.74) is 2.35. The molecule has 6 heteroatoms. The summed E-state index contributed by atoms with van der Waals surface area (Å²) in [6, 6.07) is 26.3. The monoisotopic (exact) mass is 390 g/mol. The van der Waals surface area contributed by atoms with E-state index >= 15 is 0 Å². The molecule has 1 amide bonds. The van der Waals surface area contributed by atoms with E-state index in [0.29, 0.717) is 22.3 Å². The zero-order valence-corrected chi connectivity index (χ0v) is 15.8. The first-order chi connectivity index (χ1) is 13.5. The van der Waals surface area contributed by atoms with Gasteiger partial charge in [0.05, 0.1) is 23.3 Å². The Hall–Kier alpha value is -3.43. The van der Waals surface area contributed by atoms with E-state index in [-0.39, 0.29) is 5.75 Å². The number of rotatable bonds is 6. The maximum absolute atomic E-state index is 12.9. The first-order valence-electron chi connectivity index (χ1n) is 8.62. The number of carbonyl (C=O) groups excluding carboxylic acids is 1. The van der Waals surface area contributed by atoms with Crippen molar-refractivity contribution in [3.63, 3.8) is 0 Å². The SMILES string of the molecule is N#Cc1ccc(CS(=O)(=O)NC(=O)C(c2ccccc2)c2ccccc2)cc1. The number of hydrogen-bond donors (Lipinski definition) is 1. The Balaban J connectivity index is 1.84. The van der Waals surface area contributed by atoms with Gasteiger partial charge < -0.3 is 0 Å². The molecule has 0 unspecified atom stereocenters. The van der Waals surface area contributed by atoms with E-state index in [1.807, 2.05) is 42.5 Å². The fraction of sp³-hybridized carbons (Fsp3) is 0.0909. The van der Waals surface area contributed by atoms with Crippen molar-refractivity contribution >= 4 is 15.9 Å². The molecule has 0 saturated carbocycles. The molecule has 0 radical (unpaired) electrons. The molecule has 3 aromatic rings. The minimum absolute atomic E-state index is 0.346. The van der Waals surface area contributed by atoms with Crippen molar-refractivity contribution in [1.29, 1.82) is 5.26 Å². The molecule has 0 aliphatic rings. The molecule has 5 nitrogen and oxygen atoms in total. The van der Waals surface area contributed by atoms with Crippen LogP contribution >= 0.6 is 0 Å². The highest BCUT2D eigenvalue weighted by atomic mass is 32.2. The van der Waals surface area contributed by atoms with Crippen molar-refractivity contribution in [3.05, 3.63) is 107 Å². The Morgan fingerprint density at radius 3 is 1.82 bits per heavy atom. The Bertz CT molecular complexity index is 1050. The topological polar surface area (TPSA) is 87.0 Å². The zero-order chi connectivity index (χ0) is 20.0. The number of sulfonamides is 1. The fourth-order valence-corrected chi connectivity index (χ4v) is 4.06. The molecule has 0 bridgehead atoms. The lowest BCUT2D eigenvalue weighted by molar-refractivity contribution is -0.119. The minimum Gasteiger partial charge on any atom is -0.273 e. The lowest BCUT2D eigenvalue weighted by Gasteiger charge is -2.18. The first kappa shape index (κ1) is 19.3. The number of benzene rings is 3. The first-order valence-corrected chi connectivity index (χ1v) is 10.3. The Morgan fingerprint density at radius 2 is 1.36 bits per heavy atom. The van der Waals surface area contributed by atoms with Crippen LogP contribution in [0.2, 0.25) is 0 Å². The summed E-state index contributed by atoms with van der Waals surface area (Å²) >= 11 is 0. The van der Waals surface area contributed by atoms with Gasteiger partial charge >= 0.3 is 0 Å². The Kier molecular flexibility index (Phi) is 5.87. The standard InChI is InChI=1S/C22H18N2O3S/c23-15-17-11-13-18(14-12-17)16-28(26,27)24-22(25)21(19-7-3-1-4-8-19)20-9-5-2-6-10-20/h1-14,21H,16H2,(H,24,25). The van der Waals surface area contributed by atoms with E-state index < -0.39 is 21.8 Å². The zero-order valence-electron chi connectivity index (χ0n) is 14.9. The van der Waals surface area contributed by atoms with E-state index in [1.165, 1.54) is 0 Å². The molecular weight excluding hydrogens is 372 g/mol. The molecule has 0 aliphatic heterocycles. The van der Waals surface area contributed by atoms with E-state index in [0.717, 1.165) is 0 Å². The largest absolute Gasteiger partial charge is 0.273 e. The smallest absolute Gasteiger partial charge is 0.245 e. The Labute approximate surface area is 164 Å². The predicted octanol–water partition coefficient (Wildman–Crippen LogP) is 3.34. The maximum Gasteiger partial charge on any atom is 0.245 e. The molecule has 0 saturated heterocycles. The van der Waals surface area contributed by atoms with Crippen LogP contribution in [0.25, 0.3) is 0 Å². The average Bonchev–Trinajstić information content (AvgIpc) is 2.69. The molecule has 28 heavy (non-hydrogen) atoms. The van der Waals surface area contributed by atoms with Gasteiger partial charge in [0.25, 0.3) is 0 Å². The second-order valence-corrected chi connectivity index (χ2v) is 8.01. The highest BCUT2D eigenvalue weighted by Crippen LogP contribution is 2.25. The third-order valence-electron chi connectivity index (χ3n) is 4.22. The van der Waals surface area contributed by atoms with Crippen LogP contribution in [-0.2, 0) is 20.6 Å². The highest BCUT2D eigenvalue weighted by Gasteiger charge is 2.26. The summed E-state index contributed by atoms with van der Waals surface area (Å²) in [5.74, 6) is -1.69. The summed E-state index contributed by atoms with van der Waals surface area (Å²) in [6.07, 6.45) is 0. The second kappa shape index (κ2) is 8.51. The van der Waals surface area contributed by atoms with Crippen LogP contribution in [0.15, 0.2) is 84.9 Å². The number of nitriles is 1. The van der Waals surface area contributed by atoms with Crippen molar-refractivity contribution in [1.82, 2.24) is 4.72 Å². The van der Waals surface area contributed by atoms with E-state index in [2.05, 4.69) is 4.72 Å². The maximum atomic E-state index is 12.9. The molecule has 0 aliphatic carbocycles. The molecule has 140 valence electrons. The molecule has 0 aromatic heterocycles. The van der Waals surface area contributed by atoms with Gasteiger partial charge in [0, 0.05) is 0 Å². The van der Waals surface area contributed by atoms with Crippen molar-refractivity contribution < 1.29 is 13.2 Å². The van der Waals surface area contributed by atoms with Crippen LogP contribution in [0.4, 0.5) is 0 Å². The van der Waals surface area contributed by atoms with Crippen molar-refractivity contribution in [2.24, 2.45) is 0 Å². The van der Waals surface area contributed by atoms with E-state index in [4.69, 9.17) is 5.26 Å². The molecule has 1 N–H and O–H groups in total. The third-order valence-corrected chi connectivity index (χ3v) is 5.45. The summed E-state index contributed by atoms with van der Waals surface area (Å²) in [7, 11) is -3.90. The number of nitrogens with one attached hydrogen (secondary N) is 1. The van der Waals surface area contributed by atoms with Gasteiger partial charge in [-0.1, -0.05) is 72.8 Å². The summed E-state index contributed by atoms with van der Waals surface area (Å²) in [6.45, 7) is 0. The summed E-state index contributed by atoms with van der Waals surface area (Å²) in [5, 5.41) is 8.83. The molecule has 3 aromatic carbocycles. The number of hydrogen-bond acceptors (Lipinski definition) is 4. The van der Waals surface area contributed by atoms with Crippen LogP contribution in [0.3, 0.4) is 0 Å². The van der Waals surface area contributed by atoms with Crippen LogP contribution < -0.4 is 4.72 Å². The number of amides is 1. The van der Waals surface area contributed by atoms with Gasteiger partial charge in [-0.05, 0) is 28.8 Å². The fourth-order valence-electron chi connectivity index (χ4n) is 2.93. The van der Waals surface area contributed by atoms with E-state index in [1.54, 1.807) is 48.5 Å². The van der Waals surface area contributed by atoms with Gasteiger partial charge in [-0.2, -0.15) is 5.26 Å². The van der Waals surface area contributed by atoms with Crippen LogP contribution in [0.1, 0.15) is 28.2 Å². The normalized spacial score (nSPS) is 11.0. The van der Waals surface area contributed by atoms with Crippen LogP contribution in [-0.4, -0.2) is 14.3 Å². The van der Waals surface area contributed by atoms with Crippen molar-refractivity contribution in [2.75, 3.05) is 0 Å². The number of nitrogens with zero attached hydrogens (tertiary/aromatic N) is 1. The molecular formula is C22H18N2O3S. The molecule has 0 atom stereocenters. The van der Waals surface area contributed by atoms with Gasteiger partial charge in [-0.15, -0.1) is 0 Å². The van der Waals surface area contributed by atoms with Crippen LogP contribution in [0, 0.1) is 11.3 Å². The van der Waals surface area contributed by atoms with Crippen molar-refractivity contribution in [3.8, 4) is 6.07 Å². The summed E-state index contributed by atoms with van der Waals surface area (Å²) < 4.78 is 27.3. The summed E-state index contributed by atoms with van der Waals surface area (Å²) in [4.78, 5) is 12.9.